The second-order valence-corrected chi connectivity index (χ2v) is 7.12. The van der Waals surface area contributed by atoms with Crippen LogP contribution in [0.1, 0.15) is 42.6 Å². The van der Waals surface area contributed by atoms with Gasteiger partial charge in [0.25, 0.3) is 5.91 Å². The van der Waals surface area contributed by atoms with Gasteiger partial charge in [0.15, 0.2) is 0 Å². The Balaban J connectivity index is 1.70. The van der Waals surface area contributed by atoms with Gasteiger partial charge < -0.3 is 21.1 Å². The molecular formula is C18H26N4O3. The minimum Gasteiger partial charge on any atom is -0.489 e. The summed E-state index contributed by atoms with van der Waals surface area (Å²) in [7, 11) is 0. The number of hydrogen-bond donors (Lipinski definition) is 2. The lowest BCUT2D eigenvalue weighted by atomic mass is 10.0. The Labute approximate surface area is 147 Å². The molecule has 25 heavy (non-hydrogen) atoms. The largest absolute Gasteiger partial charge is 0.489 e. The van der Waals surface area contributed by atoms with Gasteiger partial charge in [-0.05, 0) is 44.4 Å². The first kappa shape index (κ1) is 17.5. The number of nitrogens with zero attached hydrogens (tertiary/aromatic N) is 2. The van der Waals surface area contributed by atoms with E-state index in [0.29, 0.717) is 23.5 Å². The molecule has 2 aliphatic rings. The molecule has 1 aromatic rings. The monoisotopic (exact) mass is 346 g/mol. The van der Waals surface area contributed by atoms with Gasteiger partial charge in [0.1, 0.15) is 5.75 Å². The Morgan fingerprint density at radius 2 is 2.00 bits per heavy atom. The average Bonchev–Trinajstić information content (AvgIpc) is 2.84. The van der Waals surface area contributed by atoms with Gasteiger partial charge in [-0.1, -0.05) is 0 Å². The van der Waals surface area contributed by atoms with Crippen LogP contribution in [-0.2, 0) is 11.3 Å². The molecule has 7 heteroatoms. The lowest BCUT2D eigenvalue weighted by Crippen LogP contribution is -2.47. The molecule has 0 aliphatic carbocycles. The number of carbonyl (C=O) groups is 2. The van der Waals surface area contributed by atoms with E-state index in [9.17, 15) is 9.59 Å². The van der Waals surface area contributed by atoms with Gasteiger partial charge in [-0.3, -0.25) is 14.5 Å². The number of benzene rings is 1. The number of likely N-dealkylation sites (tertiary alicyclic amines) is 1. The molecular weight excluding hydrogens is 320 g/mol. The van der Waals surface area contributed by atoms with Crippen molar-refractivity contribution in [3.8, 4) is 5.75 Å². The smallest absolute Gasteiger partial charge is 0.254 e. The predicted molar refractivity (Wildman–Crippen MR) is 95.1 cm³/mol. The Morgan fingerprint density at radius 1 is 1.32 bits per heavy atom. The highest BCUT2D eigenvalue weighted by Crippen LogP contribution is 2.34. The van der Waals surface area contributed by atoms with Crippen molar-refractivity contribution < 1.29 is 14.3 Å². The quantitative estimate of drug-likeness (QED) is 0.773. The lowest BCUT2D eigenvalue weighted by Gasteiger charge is -2.36. The zero-order chi connectivity index (χ0) is 18.1. The van der Waals surface area contributed by atoms with E-state index in [4.69, 9.17) is 16.2 Å². The Bertz CT molecular complexity index is 681. The molecule has 0 aromatic heterocycles. The van der Waals surface area contributed by atoms with E-state index in [-0.39, 0.29) is 30.5 Å². The zero-order valence-electron chi connectivity index (χ0n) is 14.8. The first-order valence-corrected chi connectivity index (χ1v) is 8.76. The number of nitrogen functional groups attached to an aromatic ring is 1. The third-order valence-corrected chi connectivity index (χ3v) is 4.81. The first-order chi connectivity index (χ1) is 11.8. The third-order valence-electron chi connectivity index (χ3n) is 4.81. The molecule has 0 unspecified atom stereocenters. The summed E-state index contributed by atoms with van der Waals surface area (Å²) in [4.78, 5) is 27.8. The molecule has 0 atom stereocenters. The standard InChI is InChI=1S/C18H26N4O3/c1-11(2)25-16-7-12-9-22(18(24)14(12)8-15(16)19)13-3-5-21(6-4-13)10-17(20)23/h7-8,11,13H,3-6,9-10,19H2,1-2H3,(H2,20,23). The summed E-state index contributed by atoms with van der Waals surface area (Å²) in [5.41, 5.74) is 13.4. The number of primary amides is 1. The van der Waals surface area contributed by atoms with E-state index in [2.05, 4.69) is 0 Å². The number of piperidine rings is 1. The summed E-state index contributed by atoms with van der Waals surface area (Å²) in [6.07, 6.45) is 1.72. The number of amides is 2. The third kappa shape index (κ3) is 3.71. The number of fused-ring (bicyclic) bond motifs is 1. The molecule has 7 nitrogen and oxygen atoms in total. The van der Waals surface area contributed by atoms with Gasteiger partial charge in [-0.25, -0.2) is 0 Å². The van der Waals surface area contributed by atoms with Crippen molar-refractivity contribution in [3.05, 3.63) is 23.3 Å². The van der Waals surface area contributed by atoms with Gasteiger partial charge in [0, 0.05) is 31.2 Å². The Kier molecular flexibility index (Phi) is 4.85. The molecule has 4 N–H and O–H groups in total. The number of nitrogens with two attached hydrogens (primary N) is 2. The van der Waals surface area contributed by atoms with Crippen LogP contribution in [0.4, 0.5) is 5.69 Å². The highest BCUT2D eigenvalue weighted by molar-refractivity contribution is 6.00. The highest BCUT2D eigenvalue weighted by atomic mass is 16.5. The molecule has 2 aliphatic heterocycles. The van der Waals surface area contributed by atoms with E-state index < -0.39 is 0 Å². The summed E-state index contributed by atoms with van der Waals surface area (Å²) < 4.78 is 5.73. The molecule has 1 fully saturated rings. The van der Waals surface area contributed by atoms with Crippen molar-refractivity contribution in [2.75, 3.05) is 25.4 Å². The van der Waals surface area contributed by atoms with Gasteiger partial charge >= 0.3 is 0 Å². The fourth-order valence-electron chi connectivity index (χ4n) is 3.64. The van der Waals surface area contributed by atoms with Gasteiger partial charge in [0.2, 0.25) is 5.91 Å². The van der Waals surface area contributed by atoms with Gasteiger partial charge in [0.05, 0.1) is 18.3 Å². The molecule has 1 saturated heterocycles. The van der Waals surface area contributed by atoms with Crippen molar-refractivity contribution in [1.29, 1.82) is 0 Å². The van der Waals surface area contributed by atoms with Crippen LogP contribution in [0.25, 0.3) is 0 Å². The Morgan fingerprint density at radius 3 is 2.60 bits per heavy atom. The van der Waals surface area contributed by atoms with Crippen LogP contribution in [0, 0.1) is 0 Å². The summed E-state index contributed by atoms with van der Waals surface area (Å²) >= 11 is 0. The summed E-state index contributed by atoms with van der Waals surface area (Å²) in [5, 5.41) is 0. The highest BCUT2D eigenvalue weighted by Gasteiger charge is 2.35. The topological polar surface area (TPSA) is 102 Å². The molecule has 0 bridgehead atoms. The van der Waals surface area contributed by atoms with E-state index >= 15 is 0 Å². The average molecular weight is 346 g/mol. The molecule has 0 radical (unpaired) electrons. The van der Waals surface area contributed by atoms with Gasteiger partial charge in [-0.2, -0.15) is 0 Å². The van der Waals surface area contributed by atoms with Crippen LogP contribution < -0.4 is 16.2 Å². The van der Waals surface area contributed by atoms with E-state index in [1.54, 1.807) is 6.07 Å². The minimum atomic E-state index is -0.309. The van der Waals surface area contributed by atoms with Crippen LogP contribution in [0.3, 0.4) is 0 Å². The number of carbonyl (C=O) groups excluding carboxylic acids is 2. The maximum Gasteiger partial charge on any atom is 0.254 e. The number of ether oxygens (including phenoxy) is 1. The van der Waals surface area contributed by atoms with Crippen LogP contribution in [0.15, 0.2) is 12.1 Å². The van der Waals surface area contributed by atoms with Gasteiger partial charge in [-0.15, -0.1) is 0 Å². The molecule has 0 spiro atoms. The molecule has 0 saturated carbocycles. The number of hydrogen-bond acceptors (Lipinski definition) is 5. The minimum absolute atomic E-state index is 0.0307. The summed E-state index contributed by atoms with van der Waals surface area (Å²) in [6, 6.07) is 3.81. The van der Waals surface area contributed by atoms with E-state index in [1.165, 1.54) is 0 Å². The maximum atomic E-state index is 12.8. The SMILES string of the molecule is CC(C)Oc1cc2c(cc1N)C(=O)N(C1CCN(CC(N)=O)CC1)C2. The van der Waals surface area contributed by atoms with Crippen molar-refractivity contribution >= 4 is 17.5 Å². The fraction of sp³-hybridized carbons (Fsp3) is 0.556. The van der Waals surface area contributed by atoms with Crippen LogP contribution in [-0.4, -0.2) is 53.4 Å². The summed E-state index contributed by atoms with van der Waals surface area (Å²) in [5.74, 6) is 0.363. The molecule has 1 aromatic carbocycles. The second-order valence-electron chi connectivity index (χ2n) is 7.12. The number of rotatable bonds is 5. The van der Waals surface area contributed by atoms with Crippen molar-refractivity contribution in [1.82, 2.24) is 9.80 Å². The Hall–Kier alpha value is -2.28. The molecule has 2 amide bonds. The summed E-state index contributed by atoms with van der Waals surface area (Å²) in [6.45, 7) is 6.32. The normalized spacial score (nSPS) is 18.7. The van der Waals surface area contributed by atoms with Crippen LogP contribution >= 0.6 is 0 Å². The lowest BCUT2D eigenvalue weighted by molar-refractivity contribution is -0.119. The van der Waals surface area contributed by atoms with Crippen molar-refractivity contribution in [2.45, 2.75) is 45.4 Å². The second kappa shape index (κ2) is 6.92. The van der Waals surface area contributed by atoms with E-state index in [0.717, 1.165) is 31.5 Å². The molecule has 136 valence electrons. The zero-order valence-corrected chi connectivity index (χ0v) is 14.8. The first-order valence-electron chi connectivity index (χ1n) is 8.76. The molecule has 2 heterocycles. The van der Waals surface area contributed by atoms with Crippen molar-refractivity contribution in [2.24, 2.45) is 5.73 Å². The maximum absolute atomic E-state index is 12.8. The van der Waals surface area contributed by atoms with E-state index in [1.807, 2.05) is 29.7 Å². The number of anilines is 1. The predicted octanol–water partition coefficient (Wildman–Crippen LogP) is 0.962. The van der Waals surface area contributed by atoms with Crippen LogP contribution in [0.5, 0.6) is 5.75 Å². The van der Waals surface area contributed by atoms with Crippen LogP contribution in [0.2, 0.25) is 0 Å². The fourth-order valence-corrected chi connectivity index (χ4v) is 3.64. The van der Waals surface area contributed by atoms with Crippen molar-refractivity contribution in [3.63, 3.8) is 0 Å². The molecule has 3 rings (SSSR count).